The summed E-state index contributed by atoms with van der Waals surface area (Å²) in [5.41, 5.74) is 0. The predicted octanol–water partition coefficient (Wildman–Crippen LogP) is 1.04. The number of unbranched alkanes of at least 4 members (excludes halogenated alkanes) is 1. The van der Waals surface area contributed by atoms with Gasteiger partial charge in [0.2, 0.25) is 15.9 Å². The molecule has 7 heteroatoms. The van der Waals surface area contributed by atoms with Gasteiger partial charge in [-0.25, -0.2) is 12.7 Å². The third-order valence-corrected chi connectivity index (χ3v) is 7.23. The van der Waals surface area contributed by atoms with Crippen LogP contribution in [0.5, 0.6) is 0 Å². The number of sulfonamides is 1. The van der Waals surface area contributed by atoms with E-state index in [-0.39, 0.29) is 23.6 Å². The van der Waals surface area contributed by atoms with Crippen molar-refractivity contribution in [1.82, 2.24) is 14.5 Å². The van der Waals surface area contributed by atoms with Crippen LogP contribution in [0.3, 0.4) is 0 Å². The molecule has 0 saturated carbocycles. The summed E-state index contributed by atoms with van der Waals surface area (Å²) in [5.74, 6) is 0.408. The molecule has 1 N–H and O–H groups in total. The van der Waals surface area contributed by atoms with Gasteiger partial charge in [0.05, 0.1) is 5.75 Å². The van der Waals surface area contributed by atoms with Crippen LogP contribution in [-0.2, 0) is 14.8 Å². The molecule has 134 valence electrons. The SMILES string of the molecule is CCCCS(=O)(=O)N1CCC(C(=O)N2CCNC(C)C2C)CC1. The van der Waals surface area contributed by atoms with Gasteiger partial charge in [0.1, 0.15) is 0 Å². The van der Waals surface area contributed by atoms with Gasteiger partial charge in [-0.3, -0.25) is 4.79 Å². The summed E-state index contributed by atoms with van der Waals surface area (Å²) < 4.78 is 26.1. The monoisotopic (exact) mass is 345 g/mol. The molecule has 0 aromatic carbocycles. The normalized spacial score (nSPS) is 28.0. The highest BCUT2D eigenvalue weighted by Crippen LogP contribution is 2.24. The average molecular weight is 346 g/mol. The van der Waals surface area contributed by atoms with E-state index < -0.39 is 10.0 Å². The molecule has 2 fully saturated rings. The molecule has 0 bridgehead atoms. The number of piperazine rings is 1. The summed E-state index contributed by atoms with van der Waals surface area (Å²) in [6.07, 6.45) is 2.88. The molecule has 2 rings (SSSR count). The van der Waals surface area contributed by atoms with Crippen LogP contribution in [0.15, 0.2) is 0 Å². The lowest BCUT2D eigenvalue weighted by molar-refractivity contribution is -0.140. The number of nitrogens with one attached hydrogen (secondary N) is 1. The minimum atomic E-state index is -3.14. The summed E-state index contributed by atoms with van der Waals surface area (Å²) in [6.45, 7) is 8.74. The second-order valence-corrected chi connectivity index (χ2v) is 8.95. The molecular weight excluding hydrogens is 314 g/mol. The number of nitrogens with zero attached hydrogens (tertiary/aromatic N) is 2. The van der Waals surface area contributed by atoms with Crippen molar-refractivity contribution in [3.8, 4) is 0 Å². The van der Waals surface area contributed by atoms with Crippen LogP contribution < -0.4 is 5.32 Å². The molecule has 6 nitrogen and oxygen atoms in total. The number of hydrogen-bond acceptors (Lipinski definition) is 4. The van der Waals surface area contributed by atoms with E-state index in [0.717, 1.165) is 19.5 Å². The number of carbonyl (C=O) groups is 1. The summed E-state index contributed by atoms with van der Waals surface area (Å²) in [5, 5.41) is 3.38. The molecule has 0 aromatic rings. The number of hydrogen-bond donors (Lipinski definition) is 1. The van der Waals surface area contributed by atoms with E-state index in [1.54, 1.807) is 4.31 Å². The molecule has 23 heavy (non-hydrogen) atoms. The quantitative estimate of drug-likeness (QED) is 0.808. The Kier molecular flexibility index (Phi) is 6.45. The fourth-order valence-electron chi connectivity index (χ4n) is 3.44. The smallest absolute Gasteiger partial charge is 0.226 e. The van der Waals surface area contributed by atoms with Gasteiger partial charge < -0.3 is 10.2 Å². The topological polar surface area (TPSA) is 69.7 Å². The van der Waals surface area contributed by atoms with E-state index in [9.17, 15) is 13.2 Å². The van der Waals surface area contributed by atoms with E-state index in [4.69, 9.17) is 0 Å². The first-order valence-corrected chi connectivity index (χ1v) is 10.5. The van der Waals surface area contributed by atoms with Crippen LogP contribution in [0.2, 0.25) is 0 Å². The van der Waals surface area contributed by atoms with Crippen molar-refractivity contribution in [2.45, 2.75) is 58.5 Å². The molecule has 2 atom stereocenters. The van der Waals surface area contributed by atoms with Crippen molar-refractivity contribution in [2.24, 2.45) is 5.92 Å². The number of carbonyl (C=O) groups excluding carboxylic acids is 1. The van der Waals surface area contributed by atoms with Crippen molar-refractivity contribution in [3.63, 3.8) is 0 Å². The van der Waals surface area contributed by atoms with Gasteiger partial charge in [-0.1, -0.05) is 13.3 Å². The average Bonchev–Trinajstić information content (AvgIpc) is 2.55. The fraction of sp³-hybridized carbons (Fsp3) is 0.938. The third kappa shape index (κ3) is 4.45. The minimum absolute atomic E-state index is 0.0274. The Labute approximate surface area is 140 Å². The molecule has 0 spiro atoms. The maximum atomic E-state index is 12.8. The van der Waals surface area contributed by atoms with Crippen LogP contribution in [0.1, 0.15) is 46.5 Å². The zero-order chi connectivity index (χ0) is 17.0. The van der Waals surface area contributed by atoms with Crippen molar-refractivity contribution >= 4 is 15.9 Å². The molecule has 2 aliphatic heterocycles. The molecule has 0 radical (unpaired) electrons. The first-order chi connectivity index (χ1) is 10.9. The van der Waals surface area contributed by atoms with Crippen LogP contribution in [-0.4, -0.2) is 67.5 Å². The second kappa shape index (κ2) is 7.94. The number of amides is 1. The Morgan fingerprint density at radius 1 is 1.17 bits per heavy atom. The Morgan fingerprint density at radius 2 is 1.83 bits per heavy atom. The molecule has 2 unspecified atom stereocenters. The largest absolute Gasteiger partial charge is 0.337 e. The third-order valence-electron chi connectivity index (χ3n) is 5.27. The Morgan fingerprint density at radius 3 is 2.43 bits per heavy atom. The fourth-order valence-corrected chi connectivity index (χ4v) is 5.12. The lowest BCUT2D eigenvalue weighted by Gasteiger charge is -2.41. The standard InChI is InChI=1S/C16H31N3O3S/c1-4-5-12-23(21,22)18-9-6-15(7-10-18)16(20)19-11-8-17-13(2)14(19)3/h13-15,17H,4-12H2,1-3H3. The number of piperidine rings is 1. The van der Waals surface area contributed by atoms with Gasteiger partial charge in [0.25, 0.3) is 0 Å². The summed E-state index contributed by atoms with van der Waals surface area (Å²) in [6, 6.07) is 0.504. The zero-order valence-corrected chi connectivity index (χ0v) is 15.4. The highest BCUT2D eigenvalue weighted by Gasteiger charge is 2.36. The van der Waals surface area contributed by atoms with E-state index in [2.05, 4.69) is 19.2 Å². The first kappa shape index (κ1) is 18.7. The van der Waals surface area contributed by atoms with Gasteiger partial charge in [0, 0.05) is 44.2 Å². The van der Waals surface area contributed by atoms with E-state index in [1.807, 2.05) is 11.8 Å². The summed E-state index contributed by atoms with van der Waals surface area (Å²) in [4.78, 5) is 14.7. The Balaban J connectivity index is 1.90. The summed E-state index contributed by atoms with van der Waals surface area (Å²) in [7, 11) is -3.14. The Hall–Kier alpha value is -0.660. The number of rotatable bonds is 5. The van der Waals surface area contributed by atoms with Crippen molar-refractivity contribution < 1.29 is 13.2 Å². The maximum Gasteiger partial charge on any atom is 0.226 e. The van der Waals surface area contributed by atoms with Gasteiger partial charge >= 0.3 is 0 Å². The zero-order valence-electron chi connectivity index (χ0n) is 14.6. The van der Waals surface area contributed by atoms with E-state index in [1.165, 1.54) is 0 Å². The summed E-state index contributed by atoms with van der Waals surface area (Å²) >= 11 is 0. The van der Waals surface area contributed by atoms with Gasteiger partial charge in [-0.05, 0) is 33.1 Å². The highest BCUT2D eigenvalue weighted by atomic mass is 32.2. The van der Waals surface area contributed by atoms with E-state index >= 15 is 0 Å². The van der Waals surface area contributed by atoms with Crippen molar-refractivity contribution in [3.05, 3.63) is 0 Å². The molecule has 1 amide bonds. The van der Waals surface area contributed by atoms with Gasteiger partial charge in [0.15, 0.2) is 0 Å². The van der Waals surface area contributed by atoms with E-state index in [0.29, 0.717) is 38.4 Å². The molecule has 2 heterocycles. The molecule has 2 aliphatic rings. The minimum Gasteiger partial charge on any atom is -0.337 e. The first-order valence-electron chi connectivity index (χ1n) is 8.88. The van der Waals surface area contributed by atoms with Crippen molar-refractivity contribution in [1.29, 1.82) is 0 Å². The lowest BCUT2D eigenvalue weighted by Crippen LogP contribution is -2.59. The highest BCUT2D eigenvalue weighted by molar-refractivity contribution is 7.89. The van der Waals surface area contributed by atoms with Gasteiger partial charge in [-0.2, -0.15) is 0 Å². The van der Waals surface area contributed by atoms with Crippen LogP contribution in [0.4, 0.5) is 0 Å². The van der Waals surface area contributed by atoms with Crippen LogP contribution in [0, 0.1) is 5.92 Å². The molecule has 0 aliphatic carbocycles. The van der Waals surface area contributed by atoms with Crippen LogP contribution >= 0.6 is 0 Å². The second-order valence-electron chi connectivity index (χ2n) is 6.86. The molecule has 0 aromatic heterocycles. The van der Waals surface area contributed by atoms with Crippen LogP contribution in [0.25, 0.3) is 0 Å². The maximum absolute atomic E-state index is 12.8. The van der Waals surface area contributed by atoms with Gasteiger partial charge in [-0.15, -0.1) is 0 Å². The molecular formula is C16H31N3O3S. The predicted molar refractivity (Wildman–Crippen MR) is 91.6 cm³/mol. The lowest BCUT2D eigenvalue weighted by atomic mass is 9.94. The Bertz CT molecular complexity index is 501. The molecule has 2 saturated heterocycles. The van der Waals surface area contributed by atoms with Crippen molar-refractivity contribution in [2.75, 3.05) is 31.9 Å².